The van der Waals surface area contributed by atoms with Crippen molar-refractivity contribution in [2.75, 3.05) is 0 Å². The van der Waals surface area contributed by atoms with Gasteiger partial charge in [0.05, 0.1) is 5.97 Å². The van der Waals surface area contributed by atoms with Crippen molar-refractivity contribution in [2.24, 2.45) is 0 Å². The molecule has 1 rings (SSSR count). The van der Waals surface area contributed by atoms with Gasteiger partial charge in [-0.15, -0.1) is 0 Å². The molecule has 3 nitrogen and oxygen atoms in total. The Balaban J connectivity index is 2.83. The maximum Gasteiger partial charge on any atom is 0.0643 e. The lowest BCUT2D eigenvalue weighted by atomic mass is 10.2. The Kier molecular flexibility index (Phi) is 2.99. The van der Waals surface area contributed by atoms with Gasteiger partial charge in [0, 0.05) is 16.9 Å². The normalized spacial score (nSPS) is 10.4. The van der Waals surface area contributed by atoms with Gasteiger partial charge in [0.25, 0.3) is 0 Å². The summed E-state index contributed by atoms with van der Waals surface area (Å²) in [5.74, 6) is -1.21. The summed E-state index contributed by atoms with van der Waals surface area (Å²) in [5, 5.41) is 10.0. The van der Waals surface area contributed by atoms with Crippen LogP contribution in [0.5, 0.6) is 0 Å². The molecule has 4 heteroatoms. The van der Waals surface area contributed by atoms with E-state index in [0.717, 1.165) is 10.5 Å². The number of carboxylic acids is 1. The van der Waals surface area contributed by atoms with E-state index >= 15 is 0 Å². The minimum absolute atomic E-state index is 0.716. The van der Waals surface area contributed by atoms with Crippen LogP contribution in [-0.2, 0) is 4.79 Å². The number of carbonyl (C=O) groups is 1. The number of aliphatic carboxylic acids is 1. The molecule has 0 bridgehead atoms. The van der Waals surface area contributed by atoms with Gasteiger partial charge in [0.2, 0.25) is 0 Å². The molecular formula is C8H5BrNO2-. The molecule has 1 aromatic heterocycles. The smallest absolute Gasteiger partial charge is 0.0643 e. The van der Waals surface area contributed by atoms with E-state index in [9.17, 15) is 9.90 Å². The number of halogens is 1. The first-order valence-electron chi connectivity index (χ1n) is 3.18. The fourth-order valence-electron chi connectivity index (χ4n) is 0.684. The highest BCUT2D eigenvalue weighted by Gasteiger charge is 1.88. The Morgan fingerprint density at radius 2 is 2.33 bits per heavy atom. The van der Waals surface area contributed by atoms with Crippen LogP contribution in [0.3, 0.4) is 0 Å². The van der Waals surface area contributed by atoms with E-state index in [1.165, 1.54) is 6.08 Å². The van der Waals surface area contributed by atoms with Gasteiger partial charge in [0.15, 0.2) is 0 Å². The summed E-state index contributed by atoms with van der Waals surface area (Å²) >= 11 is 3.21. The molecule has 0 radical (unpaired) electrons. The van der Waals surface area contributed by atoms with E-state index in [2.05, 4.69) is 20.9 Å². The van der Waals surface area contributed by atoms with Gasteiger partial charge in [-0.1, -0.05) is 6.08 Å². The van der Waals surface area contributed by atoms with Crippen LogP contribution in [0.2, 0.25) is 0 Å². The van der Waals surface area contributed by atoms with E-state index < -0.39 is 5.97 Å². The Bertz CT molecular complexity index is 323. The highest BCUT2D eigenvalue weighted by Crippen LogP contribution is 2.10. The van der Waals surface area contributed by atoms with Crippen LogP contribution < -0.4 is 5.11 Å². The summed E-state index contributed by atoms with van der Waals surface area (Å²) in [6, 6.07) is 1.76. The summed E-state index contributed by atoms with van der Waals surface area (Å²) in [5.41, 5.74) is 0.716. The lowest BCUT2D eigenvalue weighted by molar-refractivity contribution is -0.297. The van der Waals surface area contributed by atoms with E-state index in [1.807, 2.05) is 0 Å². The van der Waals surface area contributed by atoms with Gasteiger partial charge >= 0.3 is 0 Å². The summed E-state index contributed by atoms with van der Waals surface area (Å²) in [6.07, 6.45) is 5.57. The van der Waals surface area contributed by atoms with Crippen LogP contribution in [0, 0.1) is 0 Å². The lowest BCUT2D eigenvalue weighted by Gasteiger charge is -1.94. The first-order chi connectivity index (χ1) is 5.68. The van der Waals surface area contributed by atoms with Crippen LogP contribution >= 0.6 is 15.9 Å². The molecule has 0 atom stereocenters. The average Bonchev–Trinajstić information content (AvgIpc) is 2.01. The number of aromatic nitrogens is 1. The fraction of sp³-hybridized carbons (Fsp3) is 0. The van der Waals surface area contributed by atoms with Crippen molar-refractivity contribution in [3.05, 3.63) is 34.6 Å². The predicted molar refractivity (Wildman–Crippen MR) is 46.0 cm³/mol. The summed E-state index contributed by atoms with van der Waals surface area (Å²) in [4.78, 5) is 13.9. The van der Waals surface area contributed by atoms with Crippen LogP contribution in [0.15, 0.2) is 29.0 Å². The second-order valence-corrected chi connectivity index (χ2v) is 3.00. The quantitative estimate of drug-likeness (QED) is 0.695. The monoisotopic (exact) mass is 226 g/mol. The SMILES string of the molecule is O=C([O-])/C=C/c1cncc(Br)c1. The molecule has 0 fully saturated rings. The molecule has 0 aliphatic heterocycles. The maximum atomic E-state index is 10.0. The molecule has 0 aromatic carbocycles. The first-order valence-corrected chi connectivity index (χ1v) is 3.97. The van der Waals surface area contributed by atoms with E-state index in [-0.39, 0.29) is 0 Å². The Morgan fingerprint density at radius 1 is 1.58 bits per heavy atom. The van der Waals surface area contributed by atoms with E-state index in [1.54, 1.807) is 18.5 Å². The standard InChI is InChI=1S/C8H6BrNO2/c9-7-3-6(4-10-5-7)1-2-8(11)12/h1-5H,(H,11,12)/p-1/b2-1+. The molecule has 0 spiro atoms. The zero-order chi connectivity index (χ0) is 8.97. The number of hydrogen-bond donors (Lipinski definition) is 0. The summed E-state index contributed by atoms with van der Waals surface area (Å²) < 4.78 is 0.808. The van der Waals surface area contributed by atoms with Gasteiger partial charge in [0.1, 0.15) is 0 Å². The molecule has 12 heavy (non-hydrogen) atoms. The number of hydrogen-bond acceptors (Lipinski definition) is 3. The lowest BCUT2D eigenvalue weighted by Crippen LogP contribution is -2.18. The third-order valence-corrected chi connectivity index (χ3v) is 1.57. The molecule has 0 N–H and O–H groups in total. The van der Waals surface area contributed by atoms with Crippen LogP contribution in [0.25, 0.3) is 6.08 Å². The fourth-order valence-corrected chi connectivity index (χ4v) is 1.07. The predicted octanol–water partition coefficient (Wildman–Crippen LogP) is 0.607. The highest BCUT2D eigenvalue weighted by atomic mass is 79.9. The first kappa shape index (κ1) is 8.93. The number of rotatable bonds is 2. The molecule has 0 aliphatic carbocycles. The van der Waals surface area contributed by atoms with Crippen molar-refractivity contribution in [1.82, 2.24) is 4.98 Å². The summed E-state index contributed by atoms with van der Waals surface area (Å²) in [6.45, 7) is 0. The van der Waals surface area contributed by atoms with E-state index in [0.29, 0.717) is 5.56 Å². The Morgan fingerprint density at radius 3 is 2.92 bits per heavy atom. The van der Waals surface area contributed by atoms with Crippen molar-refractivity contribution in [1.29, 1.82) is 0 Å². The van der Waals surface area contributed by atoms with Crippen molar-refractivity contribution < 1.29 is 9.90 Å². The van der Waals surface area contributed by atoms with Gasteiger partial charge in [-0.05, 0) is 33.6 Å². The molecule has 1 aromatic rings. The average molecular weight is 227 g/mol. The zero-order valence-electron chi connectivity index (χ0n) is 6.03. The minimum Gasteiger partial charge on any atom is -0.545 e. The zero-order valence-corrected chi connectivity index (χ0v) is 7.61. The Labute approximate surface area is 77.9 Å². The Hall–Kier alpha value is -1.16. The van der Waals surface area contributed by atoms with Crippen molar-refractivity contribution >= 4 is 28.0 Å². The molecular weight excluding hydrogens is 222 g/mol. The van der Waals surface area contributed by atoms with Gasteiger partial charge in [-0.25, -0.2) is 0 Å². The van der Waals surface area contributed by atoms with E-state index in [4.69, 9.17) is 0 Å². The molecule has 0 amide bonds. The second kappa shape index (κ2) is 4.01. The number of pyridine rings is 1. The minimum atomic E-state index is -1.21. The van der Waals surface area contributed by atoms with Crippen LogP contribution in [-0.4, -0.2) is 11.0 Å². The number of nitrogens with zero attached hydrogens (tertiary/aromatic N) is 1. The molecule has 0 unspecified atom stereocenters. The van der Waals surface area contributed by atoms with Gasteiger partial charge < -0.3 is 9.90 Å². The third kappa shape index (κ3) is 2.84. The molecule has 0 aliphatic rings. The van der Waals surface area contributed by atoms with Crippen molar-refractivity contribution in [3.63, 3.8) is 0 Å². The highest BCUT2D eigenvalue weighted by molar-refractivity contribution is 9.10. The molecule has 1 heterocycles. The third-order valence-electron chi connectivity index (χ3n) is 1.14. The van der Waals surface area contributed by atoms with Gasteiger partial charge in [-0.3, -0.25) is 4.98 Å². The largest absolute Gasteiger partial charge is 0.545 e. The number of carboxylic acid groups (broad SMARTS) is 1. The topological polar surface area (TPSA) is 53.0 Å². The van der Waals surface area contributed by atoms with Crippen LogP contribution in [0.4, 0.5) is 0 Å². The molecule has 0 saturated carbocycles. The van der Waals surface area contributed by atoms with Crippen LogP contribution in [0.1, 0.15) is 5.56 Å². The second-order valence-electron chi connectivity index (χ2n) is 2.09. The van der Waals surface area contributed by atoms with Crippen molar-refractivity contribution in [2.45, 2.75) is 0 Å². The number of carbonyl (C=O) groups excluding carboxylic acids is 1. The van der Waals surface area contributed by atoms with Crippen molar-refractivity contribution in [3.8, 4) is 0 Å². The van der Waals surface area contributed by atoms with Gasteiger partial charge in [-0.2, -0.15) is 0 Å². The maximum absolute atomic E-state index is 10.0. The molecule has 0 saturated heterocycles. The molecule has 62 valence electrons. The summed E-state index contributed by atoms with van der Waals surface area (Å²) in [7, 11) is 0.